The Morgan fingerprint density at radius 2 is 1.44 bits per heavy atom. The maximum Gasteiger partial charge on any atom is 0.344 e. The molecule has 0 aliphatic heterocycles. The van der Waals surface area contributed by atoms with Crippen LogP contribution in [0.15, 0.2) is 12.2 Å². The van der Waals surface area contributed by atoms with Crippen LogP contribution >= 0.6 is 0 Å². The van der Waals surface area contributed by atoms with Gasteiger partial charge in [-0.1, -0.05) is 20.4 Å². The van der Waals surface area contributed by atoms with E-state index in [-0.39, 0.29) is 11.5 Å². The molecule has 0 saturated heterocycles. The first-order chi connectivity index (χ1) is 12.7. The number of carbonyl (C=O) groups is 3. The molecular formula is C21H30O6. The van der Waals surface area contributed by atoms with Crippen LogP contribution < -0.4 is 0 Å². The van der Waals surface area contributed by atoms with Gasteiger partial charge in [-0.3, -0.25) is 0 Å². The van der Waals surface area contributed by atoms with E-state index in [1.54, 1.807) is 0 Å². The molecule has 0 heterocycles. The van der Waals surface area contributed by atoms with Crippen molar-refractivity contribution in [2.75, 3.05) is 13.2 Å². The van der Waals surface area contributed by atoms with Crippen LogP contribution in [0.25, 0.3) is 0 Å². The van der Waals surface area contributed by atoms with Crippen LogP contribution in [0.1, 0.15) is 52.9 Å². The number of esters is 3. The van der Waals surface area contributed by atoms with Crippen molar-refractivity contribution in [1.82, 2.24) is 0 Å². The third kappa shape index (κ3) is 3.90. The third-order valence-electron chi connectivity index (χ3n) is 6.63. The van der Waals surface area contributed by atoms with E-state index in [9.17, 15) is 14.4 Å². The molecule has 0 aromatic heterocycles. The van der Waals surface area contributed by atoms with Crippen LogP contribution in [-0.4, -0.2) is 36.7 Å². The number of hydrogen-bond donors (Lipinski definition) is 0. The van der Waals surface area contributed by atoms with Gasteiger partial charge in [0, 0.05) is 5.57 Å². The molecule has 0 atom stereocenters. The Hall–Kier alpha value is -1.85. The minimum Gasteiger partial charge on any atom is -0.456 e. The minimum atomic E-state index is -0.773. The van der Waals surface area contributed by atoms with Crippen molar-refractivity contribution in [3.63, 3.8) is 0 Å². The molecule has 0 amide bonds. The minimum absolute atomic E-state index is 0.197. The van der Waals surface area contributed by atoms with Crippen molar-refractivity contribution in [2.24, 2.45) is 29.6 Å². The van der Waals surface area contributed by atoms with Crippen molar-refractivity contribution in [2.45, 2.75) is 58.5 Å². The summed E-state index contributed by atoms with van der Waals surface area (Å²) in [5.74, 6) is 0.638. The van der Waals surface area contributed by atoms with Crippen LogP contribution in [0.3, 0.4) is 0 Å². The molecule has 4 aliphatic carbocycles. The molecule has 6 nitrogen and oxygen atoms in total. The Bertz CT molecular complexity index is 607. The predicted molar refractivity (Wildman–Crippen MR) is 97.4 cm³/mol. The van der Waals surface area contributed by atoms with Gasteiger partial charge in [-0.25, -0.2) is 14.4 Å². The van der Waals surface area contributed by atoms with E-state index >= 15 is 0 Å². The maximum absolute atomic E-state index is 12.5. The quantitative estimate of drug-likeness (QED) is 0.385. The smallest absolute Gasteiger partial charge is 0.344 e. The largest absolute Gasteiger partial charge is 0.456 e. The first-order valence-electron chi connectivity index (χ1n) is 9.92. The molecule has 0 N–H and O–H groups in total. The second-order valence-corrected chi connectivity index (χ2v) is 8.80. The molecule has 0 aromatic carbocycles. The highest BCUT2D eigenvalue weighted by Crippen LogP contribution is 2.61. The first kappa shape index (κ1) is 19.9. The van der Waals surface area contributed by atoms with Crippen LogP contribution in [-0.2, 0) is 28.6 Å². The van der Waals surface area contributed by atoms with E-state index in [2.05, 4.69) is 20.4 Å². The van der Waals surface area contributed by atoms with Gasteiger partial charge in [0.1, 0.15) is 5.60 Å². The van der Waals surface area contributed by atoms with E-state index in [4.69, 9.17) is 14.2 Å². The van der Waals surface area contributed by atoms with Crippen molar-refractivity contribution < 1.29 is 28.6 Å². The number of hydrogen-bond acceptors (Lipinski definition) is 6. The Labute approximate surface area is 160 Å². The topological polar surface area (TPSA) is 78.9 Å². The molecule has 4 fully saturated rings. The van der Waals surface area contributed by atoms with E-state index in [1.165, 1.54) is 13.3 Å². The Morgan fingerprint density at radius 1 is 0.926 bits per heavy atom. The van der Waals surface area contributed by atoms with Crippen LogP contribution in [0, 0.1) is 29.6 Å². The van der Waals surface area contributed by atoms with Gasteiger partial charge in [0.05, 0.1) is 0 Å². The fourth-order valence-corrected chi connectivity index (χ4v) is 5.80. The highest BCUT2D eigenvalue weighted by molar-refractivity contribution is 5.88. The molecule has 6 heteroatoms. The molecule has 27 heavy (non-hydrogen) atoms. The summed E-state index contributed by atoms with van der Waals surface area (Å²) in [6.45, 7) is 8.17. The molecular weight excluding hydrogens is 348 g/mol. The second-order valence-electron chi connectivity index (χ2n) is 8.80. The highest BCUT2D eigenvalue weighted by Gasteiger charge is 2.60. The van der Waals surface area contributed by atoms with Gasteiger partial charge >= 0.3 is 17.9 Å². The summed E-state index contributed by atoms with van der Waals surface area (Å²) in [6, 6.07) is 0. The number of rotatable bonds is 7. The monoisotopic (exact) mass is 378 g/mol. The lowest BCUT2D eigenvalue weighted by Crippen LogP contribution is -2.62. The molecule has 0 aromatic rings. The van der Waals surface area contributed by atoms with Crippen LogP contribution in [0.4, 0.5) is 0 Å². The third-order valence-corrected chi connectivity index (χ3v) is 6.63. The summed E-state index contributed by atoms with van der Waals surface area (Å²) < 4.78 is 15.7. The molecule has 0 unspecified atom stereocenters. The maximum atomic E-state index is 12.5. The summed E-state index contributed by atoms with van der Waals surface area (Å²) in [5.41, 5.74) is -0.244. The lowest BCUT2D eigenvalue weighted by atomic mass is 9.47. The van der Waals surface area contributed by atoms with Gasteiger partial charge < -0.3 is 14.2 Å². The van der Waals surface area contributed by atoms with Crippen molar-refractivity contribution in [1.29, 1.82) is 0 Å². The van der Waals surface area contributed by atoms with Crippen LogP contribution in [0.2, 0.25) is 0 Å². The summed E-state index contributed by atoms with van der Waals surface area (Å²) in [7, 11) is 0. The van der Waals surface area contributed by atoms with Gasteiger partial charge in [0.15, 0.2) is 13.2 Å². The lowest BCUT2D eigenvalue weighted by molar-refractivity contribution is -0.227. The lowest BCUT2D eigenvalue weighted by Gasteiger charge is -2.61. The zero-order chi connectivity index (χ0) is 19.8. The van der Waals surface area contributed by atoms with E-state index in [0.717, 1.165) is 37.5 Å². The standard InChI is InChI=1S/C21H30O6/c1-12(2)20(24)26-10-18(22)25-11-19(23)27-21(13(3)4)16-6-14-5-15(8-16)9-17(21)7-14/h13-17H,1,5-11H2,2-4H3. The van der Waals surface area contributed by atoms with Crippen molar-refractivity contribution in [3.05, 3.63) is 12.2 Å². The molecule has 4 rings (SSSR count). The molecule has 0 spiro atoms. The van der Waals surface area contributed by atoms with Gasteiger partial charge in [-0.2, -0.15) is 0 Å². The van der Waals surface area contributed by atoms with E-state index in [1.807, 2.05) is 0 Å². The summed E-state index contributed by atoms with van der Waals surface area (Å²) in [6.07, 6.45) is 5.87. The zero-order valence-electron chi connectivity index (χ0n) is 16.5. The molecule has 150 valence electrons. The van der Waals surface area contributed by atoms with Gasteiger partial charge in [0.2, 0.25) is 0 Å². The van der Waals surface area contributed by atoms with Crippen molar-refractivity contribution >= 4 is 17.9 Å². The number of carbonyl (C=O) groups excluding carboxylic acids is 3. The summed E-state index contributed by atoms with van der Waals surface area (Å²) in [5, 5.41) is 0. The molecule has 0 radical (unpaired) electrons. The predicted octanol–water partition coefficient (Wildman–Crippen LogP) is 3.04. The Balaban J connectivity index is 1.55. The average molecular weight is 378 g/mol. The Morgan fingerprint density at radius 3 is 1.93 bits per heavy atom. The summed E-state index contributed by atoms with van der Waals surface area (Å²) in [4.78, 5) is 35.4. The van der Waals surface area contributed by atoms with Gasteiger partial charge in [-0.05, 0) is 68.6 Å². The fraction of sp³-hybridized carbons (Fsp3) is 0.762. The summed E-state index contributed by atoms with van der Waals surface area (Å²) >= 11 is 0. The highest BCUT2D eigenvalue weighted by atomic mass is 16.6. The Kier molecular flexibility index (Phi) is 5.63. The molecule has 4 bridgehead atoms. The van der Waals surface area contributed by atoms with Crippen LogP contribution in [0.5, 0.6) is 0 Å². The van der Waals surface area contributed by atoms with E-state index in [0.29, 0.717) is 11.8 Å². The molecule has 4 saturated carbocycles. The fourth-order valence-electron chi connectivity index (χ4n) is 5.80. The molecule has 4 aliphatic rings. The number of ether oxygens (including phenoxy) is 3. The normalized spacial score (nSPS) is 33.6. The van der Waals surface area contributed by atoms with Crippen molar-refractivity contribution in [3.8, 4) is 0 Å². The SMILES string of the molecule is C=C(C)C(=O)OCC(=O)OCC(=O)OC1(C(C)C)C2CC3CC(C2)CC1C3. The van der Waals surface area contributed by atoms with E-state index < -0.39 is 36.7 Å². The second kappa shape index (κ2) is 7.64. The first-order valence-corrected chi connectivity index (χ1v) is 9.92. The zero-order valence-corrected chi connectivity index (χ0v) is 16.5. The van der Waals surface area contributed by atoms with Gasteiger partial charge in [0.25, 0.3) is 0 Å². The van der Waals surface area contributed by atoms with Gasteiger partial charge in [-0.15, -0.1) is 0 Å². The average Bonchev–Trinajstić information content (AvgIpc) is 2.60.